The van der Waals surface area contributed by atoms with E-state index in [-0.39, 0.29) is 17.9 Å². The predicted molar refractivity (Wildman–Crippen MR) is 111 cm³/mol. The first kappa shape index (κ1) is 21.8. The average molecular weight is 431 g/mol. The number of methoxy groups -OCH3 is 1. The third-order valence-electron chi connectivity index (χ3n) is 6.71. The first-order valence-electron chi connectivity index (χ1n) is 10.3. The third-order valence-corrected chi connectivity index (χ3v) is 6.71. The van der Waals surface area contributed by atoms with Crippen molar-refractivity contribution in [1.29, 1.82) is 0 Å². The van der Waals surface area contributed by atoms with Gasteiger partial charge >= 0.3 is 11.9 Å². The molecule has 1 aromatic rings. The lowest BCUT2D eigenvalue weighted by Crippen LogP contribution is -2.55. The maximum Gasteiger partial charge on any atom is 0.343 e. The zero-order valence-electron chi connectivity index (χ0n) is 18.5. The van der Waals surface area contributed by atoms with Gasteiger partial charge in [-0.25, -0.2) is 9.59 Å². The van der Waals surface area contributed by atoms with Crippen LogP contribution in [-0.2, 0) is 25.4 Å². The molecule has 4 bridgehead atoms. The highest BCUT2D eigenvalue weighted by Crippen LogP contribution is 2.55. The van der Waals surface area contributed by atoms with E-state index in [1.54, 1.807) is 32.0 Å². The molecule has 0 amide bonds. The molecule has 3 aliphatic rings. The van der Waals surface area contributed by atoms with Gasteiger partial charge in [0.2, 0.25) is 5.60 Å². The lowest BCUT2D eigenvalue weighted by atomic mass is 9.79. The Bertz CT molecular complexity index is 963. The molecule has 3 aliphatic heterocycles. The Hall–Kier alpha value is -2.42. The van der Waals surface area contributed by atoms with Gasteiger partial charge in [0, 0.05) is 12.3 Å². The molecule has 1 N–H and O–H groups in total. The summed E-state index contributed by atoms with van der Waals surface area (Å²) in [4.78, 5) is 27.3. The number of furan rings is 1. The number of hydrogen-bond donors (Lipinski definition) is 1. The number of epoxide rings is 1. The number of carbonyl (C=O) groups is 2. The zero-order chi connectivity index (χ0) is 22.8. The van der Waals surface area contributed by atoms with Gasteiger partial charge in [0.05, 0.1) is 25.2 Å². The van der Waals surface area contributed by atoms with Crippen molar-refractivity contribution in [2.75, 3.05) is 21.2 Å². The fourth-order valence-corrected chi connectivity index (χ4v) is 5.22. The highest BCUT2D eigenvalue weighted by atomic mass is 16.7. The summed E-state index contributed by atoms with van der Waals surface area (Å²) in [6.45, 7) is 11.7. The second kappa shape index (κ2) is 7.32. The van der Waals surface area contributed by atoms with E-state index in [0.29, 0.717) is 17.1 Å². The van der Waals surface area contributed by atoms with Gasteiger partial charge in [-0.15, -0.1) is 0 Å². The lowest BCUT2D eigenvalue weighted by Gasteiger charge is -2.35. The smallest absolute Gasteiger partial charge is 0.343 e. The van der Waals surface area contributed by atoms with E-state index in [4.69, 9.17) is 18.6 Å². The third kappa shape index (κ3) is 3.08. The number of aliphatic hydroxyl groups is 1. The molecule has 31 heavy (non-hydrogen) atoms. The minimum Gasteiger partial charge on any atom is -0.465 e. The zero-order valence-corrected chi connectivity index (χ0v) is 18.5. The number of aliphatic hydroxyl groups excluding tert-OH is 1. The Morgan fingerprint density at radius 1 is 1.29 bits per heavy atom. The molecule has 0 spiro atoms. The van der Waals surface area contributed by atoms with Gasteiger partial charge in [-0.3, -0.25) is 0 Å². The predicted octanol–water partition coefficient (Wildman–Crippen LogP) is 1.83. The molecule has 168 valence electrons. The summed E-state index contributed by atoms with van der Waals surface area (Å²) >= 11 is 0. The number of hydrogen-bond acceptors (Lipinski definition) is 8. The molecule has 1 aromatic heterocycles. The monoisotopic (exact) mass is 431 g/mol. The number of ether oxygens (including phenoxy) is 3. The van der Waals surface area contributed by atoms with Gasteiger partial charge in [0.15, 0.2) is 0 Å². The summed E-state index contributed by atoms with van der Waals surface area (Å²) in [6.07, 6.45) is -1.95. The van der Waals surface area contributed by atoms with E-state index in [1.807, 2.05) is 6.92 Å². The molecule has 0 radical (unpaired) electrons. The Balaban J connectivity index is 1.93. The molecular weight excluding hydrogens is 402 g/mol. The van der Waals surface area contributed by atoms with E-state index in [9.17, 15) is 14.7 Å². The minimum absolute atomic E-state index is 0.275. The summed E-state index contributed by atoms with van der Waals surface area (Å²) in [6, 6.07) is 0.886. The van der Waals surface area contributed by atoms with E-state index >= 15 is 0 Å². The second-order valence-corrected chi connectivity index (χ2v) is 9.06. The standard InChI is InChI=1S/C23H29NO7/c1-10(2)12-8-14-13(21(26)28-7)9-15(29-14)16(11(3)4)17(25)19(24(5)6)23-20(31-23)18(12)30-22(23)27/h9,12,16-20,25H,1,3,8H2,2,4-7H3/t12?,16-,17-,18+,19-,20-,23-/m0/s1. The molecule has 0 aliphatic carbocycles. The summed E-state index contributed by atoms with van der Waals surface area (Å²) in [5.74, 6) is -1.24. The van der Waals surface area contributed by atoms with Crippen molar-refractivity contribution in [2.45, 2.75) is 56.1 Å². The molecule has 8 nitrogen and oxygen atoms in total. The topological polar surface area (TPSA) is 102 Å². The normalized spacial score (nSPS) is 36.3. The van der Waals surface area contributed by atoms with Gasteiger partial charge in [0.1, 0.15) is 29.3 Å². The fraction of sp³-hybridized carbons (Fsp3) is 0.565. The molecule has 7 atom stereocenters. The van der Waals surface area contributed by atoms with Crippen LogP contribution in [0.15, 0.2) is 34.8 Å². The van der Waals surface area contributed by atoms with Gasteiger partial charge < -0.3 is 28.6 Å². The molecule has 2 saturated heterocycles. The number of rotatable bonds is 4. The van der Waals surface area contributed by atoms with Crippen molar-refractivity contribution in [3.8, 4) is 0 Å². The van der Waals surface area contributed by atoms with Crippen LogP contribution in [0.25, 0.3) is 0 Å². The Labute approximate surface area is 181 Å². The van der Waals surface area contributed by atoms with E-state index in [2.05, 4.69) is 13.2 Å². The molecule has 1 unspecified atom stereocenters. The molecule has 0 saturated carbocycles. The highest BCUT2D eigenvalue weighted by molar-refractivity contribution is 5.91. The van der Waals surface area contributed by atoms with Gasteiger partial charge in [-0.2, -0.15) is 0 Å². The van der Waals surface area contributed by atoms with Crippen molar-refractivity contribution in [3.63, 3.8) is 0 Å². The maximum absolute atomic E-state index is 13.1. The Morgan fingerprint density at radius 3 is 2.48 bits per heavy atom. The van der Waals surface area contributed by atoms with Crippen molar-refractivity contribution >= 4 is 11.9 Å². The number of esters is 2. The molecule has 2 fully saturated rings. The van der Waals surface area contributed by atoms with Crippen molar-refractivity contribution in [3.05, 3.63) is 47.5 Å². The van der Waals surface area contributed by atoms with Crippen LogP contribution in [0.4, 0.5) is 0 Å². The molecule has 4 heterocycles. The molecule has 4 rings (SSSR count). The molecule has 8 heteroatoms. The van der Waals surface area contributed by atoms with Crippen LogP contribution in [-0.4, -0.2) is 73.1 Å². The fourth-order valence-electron chi connectivity index (χ4n) is 5.22. The lowest BCUT2D eigenvalue weighted by molar-refractivity contribution is -0.160. The van der Waals surface area contributed by atoms with E-state index in [0.717, 1.165) is 5.57 Å². The van der Waals surface area contributed by atoms with Crippen LogP contribution in [0.3, 0.4) is 0 Å². The first-order valence-corrected chi connectivity index (χ1v) is 10.3. The minimum atomic E-state index is -1.27. The van der Waals surface area contributed by atoms with Crippen LogP contribution in [0.1, 0.15) is 41.6 Å². The van der Waals surface area contributed by atoms with Crippen molar-refractivity contribution < 1.29 is 33.3 Å². The summed E-state index contributed by atoms with van der Waals surface area (Å²) < 4.78 is 22.9. The van der Waals surface area contributed by atoms with Crippen LogP contribution in [0.2, 0.25) is 0 Å². The first-order chi connectivity index (χ1) is 14.5. The number of fused-ring (bicyclic) bond motifs is 2. The van der Waals surface area contributed by atoms with Gasteiger partial charge in [0.25, 0.3) is 0 Å². The SMILES string of the molecule is C=C(C)C1Cc2oc(cc2C(=O)OC)[C@H](C(=C)C)[C@H](O)[C@H](N(C)C)[C@]23O[C@H]2[C@@H]1OC3=O. The summed E-state index contributed by atoms with van der Waals surface area (Å²) in [5.41, 5.74) is 0.411. The van der Waals surface area contributed by atoms with Crippen LogP contribution in [0.5, 0.6) is 0 Å². The largest absolute Gasteiger partial charge is 0.465 e. The van der Waals surface area contributed by atoms with Gasteiger partial charge in [-0.05, 0) is 34.0 Å². The van der Waals surface area contributed by atoms with Crippen LogP contribution >= 0.6 is 0 Å². The average Bonchev–Trinajstić information content (AvgIpc) is 3.17. The van der Waals surface area contributed by atoms with Crippen LogP contribution in [0, 0.1) is 5.92 Å². The van der Waals surface area contributed by atoms with E-state index in [1.165, 1.54) is 7.11 Å². The number of likely N-dealkylation sites (N-methyl/N-ethyl adjacent to an activating group) is 1. The quantitative estimate of drug-likeness (QED) is 0.438. The number of carbonyl (C=O) groups excluding carboxylic acids is 2. The summed E-state index contributed by atoms with van der Waals surface area (Å²) in [5, 5.41) is 11.5. The highest BCUT2D eigenvalue weighted by Gasteiger charge is 2.79. The Morgan fingerprint density at radius 2 is 1.97 bits per heavy atom. The Kier molecular flexibility index (Phi) is 5.15. The van der Waals surface area contributed by atoms with Gasteiger partial charge in [-0.1, -0.05) is 24.3 Å². The van der Waals surface area contributed by atoms with E-state index < -0.39 is 47.8 Å². The summed E-state index contributed by atoms with van der Waals surface area (Å²) in [7, 11) is 4.86. The van der Waals surface area contributed by atoms with Crippen molar-refractivity contribution in [1.82, 2.24) is 4.90 Å². The van der Waals surface area contributed by atoms with Crippen molar-refractivity contribution in [2.24, 2.45) is 5.92 Å². The van der Waals surface area contributed by atoms with Crippen LogP contribution < -0.4 is 0 Å². The molecular formula is C23H29NO7. The maximum atomic E-state index is 13.1. The number of nitrogens with zero attached hydrogens (tertiary/aromatic N) is 1. The molecule has 0 aromatic carbocycles. The second-order valence-electron chi connectivity index (χ2n) is 9.06.